The van der Waals surface area contributed by atoms with E-state index in [2.05, 4.69) is 10.3 Å². The third-order valence-electron chi connectivity index (χ3n) is 4.20. The van der Waals surface area contributed by atoms with Crippen LogP contribution in [0.5, 0.6) is 11.5 Å². The second-order valence-corrected chi connectivity index (χ2v) is 9.37. The number of anilines is 1. The normalized spacial score (nSPS) is 11.7. The van der Waals surface area contributed by atoms with Gasteiger partial charge in [0.25, 0.3) is 9.05 Å². The summed E-state index contributed by atoms with van der Waals surface area (Å²) >= 11 is 6.23. The van der Waals surface area contributed by atoms with Gasteiger partial charge in [-0.1, -0.05) is 23.7 Å². The minimum Gasteiger partial charge on any atom is -0.493 e. The average molecular weight is 521 g/mol. The van der Waals surface area contributed by atoms with Crippen molar-refractivity contribution in [3.8, 4) is 22.6 Å². The Balaban J connectivity index is 1.83. The van der Waals surface area contributed by atoms with Crippen molar-refractivity contribution in [1.29, 1.82) is 0 Å². The summed E-state index contributed by atoms with van der Waals surface area (Å²) in [6.07, 6.45) is -4.60. The summed E-state index contributed by atoms with van der Waals surface area (Å²) in [4.78, 5) is 15.7. The first-order chi connectivity index (χ1) is 15.4. The quantitative estimate of drug-likeness (QED) is 0.416. The third kappa shape index (κ3) is 6.06. The van der Waals surface area contributed by atoms with Crippen molar-refractivity contribution in [3.05, 3.63) is 65.3 Å². The fourth-order valence-electron chi connectivity index (χ4n) is 2.69. The first-order valence-corrected chi connectivity index (χ1v) is 11.5. The van der Waals surface area contributed by atoms with E-state index in [9.17, 15) is 26.4 Å². The van der Waals surface area contributed by atoms with Crippen molar-refractivity contribution < 1.29 is 35.9 Å². The fraction of sp³-hybridized carbons (Fsp3) is 0.100. The molecule has 1 heterocycles. The molecule has 33 heavy (non-hydrogen) atoms. The average Bonchev–Trinajstić information content (AvgIpc) is 2.73. The molecule has 0 atom stereocenters. The molecule has 0 saturated heterocycles. The molecule has 13 heteroatoms. The van der Waals surface area contributed by atoms with Crippen LogP contribution in [0.2, 0.25) is 5.02 Å². The topological polar surface area (TPSA) is 94.6 Å². The van der Waals surface area contributed by atoms with E-state index in [-0.39, 0.29) is 38.4 Å². The van der Waals surface area contributed by atoms with Crippen LogP contribution in [-0.4, -0.2) is 26.6 Å². The van der Waals surface area contributed by atoms with Gasteiger partial charge in [0.15, 0.2) is 11.5 Å². The maximum Gasteiger partial charge on any atom is 0.418 e. The molecule has 3 rings (SSSR count). The summed E-state index contributed by atoms with van der Waals surface area (Å²) in [6.45, 7) is 0. The van der Waals surface area contributed by atoms with Crippen LogP contribution in [0.4, 0.5) is 23.8 Å². The molecular formula is C20H13Cl2F3N2O5S. The molecule has 0 fully saturated rings. The number of nitrogens with one attached hydrogen (secondary N) is 1. The molecule has 3 aromatic rings. The molecule has 1 N–H and O–H groups in total. The predicted octanol–water partition coefficient (Wildman–Crippen LogP) is 5.97. The van der Waals surface area contributed by atoms with Gasteiger partial charge >= 0.3 is 12.3 Å². The molecule has 0 unspecified atom stereocenters. The maximum absolute atomic E-state index is 13.0. The van der Waals surface area contributed by atoms with Gasteiger partial charge in [0.05, 0.1) is 17.7 Å². The van der Waals surface area contributed by atoms with Gasteiger partial charge in [-0.2, -0.15) is 13.2 Å². The molecule has 0 saturated carbocycles. The van der Waals surface area contributed by atoms with Gasteiger partial charge in [-0.25, -0.2) is 18.2 Å². The van der Waals surface area contributed by atoms with E-state index >= 15 is 0 Å². The molecule has 1 aromatic heterocycles. The van der Waals surface area contributed by atoms with Crippen LogP contribution in [0.15, 0.2) is 59.6 Å². The fourth-order valence-corrected chi connectivity index (χ4v) is 3.63. The number of carbonyl (C=O) groups is 1. The molecule has 1 amide bonds. The lowest BCUT2D eigenvalue weighted by molar-refractivity contribution is -0.137. The SMILES string of the molecule is COc1cc(-c2cccc(C(F)(F)F)c2)c(Cl)cc1OC(=O)Nc1ccc(S(=O)(=O)Cl)cn1. The summed E-state index contributed by atoms with van der Waals surface area (Å²) in [6, 6.07) is 9.42. The Morgan fingerprint density at radius 2 is 1.82 bits per heavy atom. The zero-order valence-corrected chi connectivity index (χ0v) is 18.8. The Morgan fingerprint density at radius 3 is 2.39 bits per heavy atom. The number of alkyl halides is 3. The van der Waals surface area contributed by atoms with E-state index in [4.69, 9.17) is 31.8 Å². The lowest BCUT2D eigenvalue weighted by atomic mass is 10.0. The van der Waals surface area contributed by atoms with Crippen molar-refractivity contribution in [3.63, 3.8) is 0 Å². The minimum absolute atomic E-state index is 0.00715. The summed E-state index contributed by atoms with van der Waals surface area (Å²) < 4.78 is 71.9. The number of halogens is 5. The Morgan fingerprint density at radius 1 is 1.09 bits per heavy atom. The molecule has 174 valence electrons. The lowest BCUT2D eigenvalue weighted by Gasteiger charge is -2.14. The first kappa shape index (κ1) is 24.6. The Kier molecular flexibility index (Phi) is 7.06. The smallest absolute Gasteiger partial charge is 0.418 e. The Hall–Kier alpha value is -3.02. The summed E-state index contributed by atoms with van der Waals surface area (Å²) in [5, 5.41) is 2.28. The highest BCUT2D eigenvalue weighted by Crippen LogP contribution is 2.40. The number of hydrogen-bond acceptors (Lipinski definition) is 6. The summed E-state index contributed by atoms with van der Waals surface area (Å²) in [5.74, 6) is -0.121. The van der Waals surface area contributed by atoms with Crippen LogP contribution in [0, 0.1) is 0 Å². The van der Waals surface area contributed by atoms with Crippen LogP contribution in [-0.2, 0) is 15.2 Å². The van der Waals surface area contributed by atoms with Crippen molar-refractivity contribution >= 4 is 43.2 Å². The van der Waals surface area contributed by atoms with Crippen LogP contribution in [0.1, 0.15) is 5.56 Å². The monoisotopic (exact) mass is 520 g/mol. The van der Waals surface area contributed by atoms with Crippen molar-refractivity contribution in [2.45, 2.75) is 11.1 Å². The second-order valence-electron chi connectivity index (χ2n) is 6.39. The Bertz CT molecular complexity index is 1300. The van der Waals surface area contributed by atoms with Crippen LogP contribution < -0.4 is 14.8 Å². The molecule has 0 aliphatic heterocycles. The molecule has 2 aromatic carbocycles. The maximum atomic E-state index is 13.0. The zero-order chi connectivity index (χ0) is 24.4. The van der Waals surface area contributed by atoms with E-state index in [1.54, 1.807) is 0 Å². The molecule has 0 radical (unpaired) electrons. The van der Waals surface area contributed by atoms with Gasteiger partial charge in [-0.15, -0.1) is 0 Å². The summed E-state index contributed by atoms with van der Waals surface area (Å²) in [5.41, 5.74) is -0.440. The number of nitrogens with zero attached hydrogens (tertiary/aromatic N) is 1. The largest absolute Gasteiger partial charge is 0.493 e. The van der Waals surface area contributed by atoms with Gasteiger partial charge < -0.3 is 9.47 Å². The van der Waals surface area contributed by atoms with Crippen LogP contribution >= 0.6 is 22.3 Å². The minimum atomic E-state index is -4.53. The third-order valence-corrected chi connectivity index (χ3v) is 5.86. The van der Waals surface area contributed by atoms with Crippen molar-refractivity contribution in [2.75, 3.05) is 12.4 Å². The summed E-state index contributed by atoms with van der Waals surface area (Å²) in [7, 11) is 2.50. The number of amides is 1. The van der Waals surface area contributed by atoms with E-state index in [1.165, 1.54) is 37.4 Å². The number of benzene rings is 2. The molecule has 0 bridgehead atoms. The molecule has 0 spiro atoms. The number of pyridine rings is 1. The second kappa shape index (κ2) is 9.46. The highest BCUT2D eigenvalue weighted by Gasteiger charge is 2.30. The van der Waals surface area contributed by atoms with E-state index in [0.29, 0.717) is 0 Å². The lowest BCUT2D eigenvalue weighted by Crippen LogP contribution is -2.18. The number of carbonyl (C=O) groups excluding carboxylic acids is 1. The number of rotatable bonds is 5. The van der Waals surface area contributed by atoms with Gasteiger partial charge in [0, 0.05) is 28.5 Å². The van der Waals surface area contributed by atoms with E-state index in [1.807, 2.05) is 0 Å². The van der Waals surface area contributed by atoms with Gasteiger partial charge in [0.1, 0.15) is 10.7 Å². The predicted molar refractivity (Wildman–Crippen MR) is 115 cm³/mol. The van der Waals surface area contributed by atoms with Gasteiger partial charge in [0.2, 0.25) is 0 Å². The van der Waals surface area contributed by atoms with Gasteiger partial charge in [-0.3, -0.25) is 5.32 Å². The molecule has 0 aliphatic carbocycles. The van der Waals surface area contributed by atoms with Crippen molar-refractivity contribution in [2.24, 2.45) is 0 Å². The molecule has 7 nitrogen and oxygen atoms in total. The zero-order valence-electron chi connectivity index (χ0n) is 16.5. The molecular weight excluding hydrogens is 508 g/mol. The van der Waals surface area contributed by atoms with Crippen LogP contribution in [0.3, 0.4) is 0 Å². The number of methoxy groups -OCH3 is 1. The standard InChI is InChI=1S/C20H13Cl2F3N2O5S/c1-31-16-8-14(11-3-2-4-12(7-11)20(23,24)25)15(21)9-17(16)32-19(28)27-18-6-5-13(10-26-18)33(22,29)30/h2-10H,1H3,(H,26,27,28). The number of aromatic nitrogens is 1. The van der Waals surface area contributed by atoms with E-state index in [0.717, 1.165) is 24.4 Å². The molecule has 0 aliphatic rings. The Labute approximate surface area is 195 Å². The highest BCUT2D eigenvalue weighted by molar-refractivity contribution is 8.13. The van der Waals surface area contributed by atoms with E-state index < -0.39 is 26.9 Å². The highest BCUT2D eigenvalue weighted by atomic mass is 35.7. The first-order valence-electron chi connectivity index (χ1n) is 8.83. The van der Waals surface area contributed by atoms with Crippen LogP contribution in [0.25, 0.3) is 11.1 Å². The number of hydrogen-bond donors (Lipinski definition) is 1. The van der Waals surface area contributed by atoms with Gasteiger partial charge in [-0.05, 0) is 35.9 Å². The van der Waals surface area contributed by atoms with Crippen molar-refractivity contribution in [1.82, 2.24) is 4.98 Å². The number of ether oxygens (including phenoxy) is 2.